The molecule has 5 N–H and O–H groups in total. The first-order valence-electron chi connectivity index (χ1n) is 17.5. The summed E-state index contributed by atoms with van der Waals surface area (Å²) in [4.78, 5) is 69.6. The highest BCUT2D eigenvalue weighted by atomic mass is 16.3. The zero-order valence-electron chi connectivity index (χ0n) is 27.3. The molecule has 12 nitrogen and oxygen atoms in total. The van der Waals surface area contributed by atoms with Crippen molar-refractivity contribution < 1.29 is 28.4 Å². The fourth-order valence-electron chi connectivity index (χ4n) is 7.16. The predicted molar refractivity (Wildman–Crippen MR) is 173 cm³/mol. The van der Waals surface area contributed by atoms with Crippen molar-refractivity contribution in [2.45, 2.75) is 108 Å². The van der Waals surface area contributed by atoms with Gasteiger partial charge in [0.15, 0.2) is 5.76 Å². The lowest BCUT2D eigenvalue weighted by Crippen LogP contribution is -2.56. The smallest absolute Gasteiger partial charge is 0.296 e. The van der Waals surface area contributed by atoms with Crippen molar-refractivity contribution >= 4 is 29.5 Å². The maximum atomic E-state index is 13.7. The second-order valence-electron chi connectivity index (χ2n) is 13.3. The molecule has 2 heterocycles. The first-order chi connectivity index (χ1) is 22.3. The molecule has 256 valence electrons. The molecule has 46 heavy (non-hydrogen) atoms. The molecule has 3 aliphatic rings. The van der Waals surface area contributed by atoms with Gasteiger partial charge < -0.3 is 31.0 Å². The molecule has 1 aromatic rings. The third-order valence-corrected chi connectivity index (χ3v) is 9.80. The molecule has 1 saturated heterocycles. The number of carbonyl (C=O) groups excluding carboxylic acids is 5. The Kier molecular flexibility index (Phi) is 14.5. The maximum Gasteiger partial charge on any atom is 0.296 e. The number of hydrogen-bond acceptors (Lipinski definition) is 8. The molecular formula is C34H54N6O6. The van der Waals surface area contributed by atoms with Gasteiger partial charge in [0, 0.05) is 13.1 Å². The van der Waals surface area contributed by atoms with Crippen molar-refractivity contribution in [2.75, 3.05) is 39.3 Å². The van der Waals surface area contributed by atoms with Crippen molar-refractivity contribution in [3.05, 3.63) is 24.2 Å². The highest BCUT2D eigenvalue weighted by Gasteiger charge is 2.38. The number of nitrogens with zero attached hydrogens (tertiary/aromatic N) is 2. The normalized spacial score (nSPS) is 19.5. The number of nitrogens with two attached hydrogens (primary N) is 1. The highest BCUT2D eigenvalue weighted by Crippen LogP contribution is 2.30. The molecule has 1 aliphatic heterocycles. The van der Waals surface area contributed by atoms with Crippen LogP contribution < -0.4 is 21.7 Å². The Morgan fingerprint density at radius 2 is 1.43 bits per heavy atom. The fraction of sp³-hybridized carbons (Fsp3) is 0.735. The van der Waals surface area contributed by atoms with Crippen molar-refractivity contribution in [1.82, 2.24) is 25.8 Å². The van der Waals surface area contributed by atoms with Gasteiger partial charge in [-0.3, -0.25) is 28.9 Å². The van der Waals surface area contributed by atoms with E-state index in [9.17, 15) is 24.0 Å². The number of likely N-dealkylation sites (tertiary alicyclic amines) is 1. The molecule has 2 aliphatic carbocycles. The monoisotopic (exact) mass is 642 g/mol. The third-order valence-electron chi connectivity index (χ3n) is 9.80. The van der Waals surface area contributed by atoms with Gasteiger partial charge >= 0.3 is 0 Å². The van der Waals surface area contributed by atoms with Crippen molar-refractivity contribution in [1.29, 1.82) is 0 Å². The van der Waals surface area contributed by atoms with Crippen LogP contribution in [0.25, 0.3) is 0 Å². The van der Waals surface area contributed by atoms with Crippen LogP contribution in [-0.4, -0.2) is 90.7 Å². The Labute approximate surface area is 272 Å². The number of rotatable bonds is 15. The standard InChI is InChI=1S/C34H54N6O6/c35-27(21-25-11-4-1-5-12-25)32(43)38-23-30(41)37-24-31(42)40(34(45)29-15-10-20-46-29)28(22-26-13-6-2-7-14-26)33(44)36-16-19-39-17-8-3-9-18-39/h10,15,20,25-28H,1-9,11-14,16-19,21-24,35H2,(H,36,44)(H,37,41)(H,38,43)/t27-,28-/m0/s1. The molecule has 2 saturated carbocycles. The van der Waals surface area contributed by atoms with Gasteiger partial charge in [0.05, 0.1) is 25.4 Å². The Bertz CT molecular complexity index is 1130. The predicted octanol–water partition coefficient (Wildman–Crippen LogP) is 2.72. The van der Waals surface area contributed by atoms with E-state index in [1.807, 2.05) is 0 Å². The van der Waals surface area contributed by atoms with Gasteiger partial charge in [-0.1, -0.05) is 70.6 Å². The second kappa shape index (κ2) is 18.8. The largest absolute Gasteiger partial charge is 0.459 e. The van der Waals surface area contributed by atoms with E-state index in [2.05, 4.69) is 20.9 Å². The minimum absolute atomic E-state index is 0.0614. The summed E-state index contributed by atoms with van der Waals surface area (Å²) in [5.74, 6) is -2.28. The fourth-order valence-corrected chi connectivity index (χ4v) is 7.16. The molecule has 12 heteroatoms. The van der Waals surface area contributed by atoms with Crippen LogP contribution in [0, 0.1) is 11.8 Å². The first kappa shape index (κ1) is 35.6. The average molecular weight is 643 g/mol. The van der Waals surface area contributed by atoms with Crippen molar-refractivity contribution in [2.24, 2.45) is 17.6 Å². The van der Waals surface area contributed by atoms with E-state index in [4.69, 9.17) is 10.2 Å². The molecule has 0 aromatic carbocycles. The molecule has 0 bridgehead atoms. The first-order valence-corrected chi connectivity index (χ1v) is 17.5. The number of amides is 5. The number of hydrogen-bond donors (Lipinski definition) is 4. The average Bonchev–Trinajstić information content (AvgIpc) is 3.63. The molecule has 5 amide bonds. The topological polar surface area (TPSA) is 167 Å². The summed E-state index contributed by atoms with van der Waals surface area (Å²) in [6.07, 6.45) is 16.5. The minimum atomic E-state index is -1.05. The summed E-state index contributed by atoms with van der Waals surface area (Å²) in [5, 5.41) is 8.07. The zero-order valence-corrected chi connectivity index (χ0v) is 27.3. The van der Waals surface area contributed by atoms with Gasteiger partial charge in [0.2, 0.25) is 23.6 Å². The van der Waals surface area contributed by atoms with Crippen LogP contribution >= 0.6 is 0 Å². The summed E-state index contributed by atoms with van der Waals surface area (Å²) >= 11 is 0. The summed E-state index contributed by atoms with van der Waals surface area (Å²) in [6, 6.07) is 1.25. The van der Waals surface area contributed by atoms with E-state index in [1.165, 1.54) is 25.2 Å². The van der Waals surface area contributed by atoms with Crippen LogP contribution in [0.1, 0.15) is 107 Å². The summed E-state index contributed by atoms with van der Waals surface area (Å²) in [7, 11) is 0. The third kappa shape index (κ3) is 11.2. The Balaban J connectivity index is 1.38. The number of piperidine rings is 1. The van der Waals surface area contributed by atoms with Crippen LogP contribution in [0.15, 0.2) is 22.8 Å². The molecule has 4 rings (SSSR count). The van der Waals surface area contributed by atoms with Crippen LogP contribution in [-0.2, 0) is 19.2 Å². The molecule has 3 fully saturated rings. The van der Waals surface area contributed by atoms with Gasteiger partial charge in [-0.15, -0.1) is 0 Å². The minimum Gasteiger partial charge on any atom is -0.459 e. The molecular weight excluding hydrogens is 588 g/mol. The number of furan rings is 1. The summed E-state index contributed by atoms with van der Waals surface area (Å²) in [6.45, 7) is 2.24. The number of carbonyl (C=O) groups is 5. The Hall–Kier alpha value is -3.25. The van der Waals surface area contributed by atoms with Crippen molar-refractivity contribution in [3.8, 4) is 0 Å². The van der Waals surface area contributed by atoms with Gasteiger partial charge in [0.25, 0.3) is 5.91 Å². The highest BCUT2D eigenvalue weighted by molar-refractivity contribution is 6.07. The van der Waals surface area contributed by atoms with E-state index < -0.39 is 42.3 Å². The van der Waals surface area contributed by atoms with E-state index in [0.29, 0.717) is 31.8 Å². The van der Waals surface area contributed by atoms with E-state index in [0.717, 1.165) is 88.6 Å². The van der Waals surface area contributed by atoms with Crippen LogP contribution in [0.3, 0.4) is 0 Å². The SMILES string of the molecule is N[C@@H](CC1CCCCC1)C(=O)NCC(=O)NCC(=O)N(C(=O)c1ccco1)[C@@H](CC1CCCCC1)C(=O)NCCN1CCCCC1. The number of imide groups is 1. The Morgan fingerprint density at radius 1 is 0.804 bits per heavy atom. The molecule has 2 atom stereocenters. The van der Waals surface area contributed by atoms with Gasteiger partial charge in [-0.2, -0.15) is 0 Å². The van der Waals surface area contributed by atoms with Gasteiger partial charge in [0.1, 0.15) is 6.04 Å². The molecule has 0 radical (unpaired) electrons. The van der Waals surface area contributed by atoms with Crippen LogP contribution in [0.5, 0.6) is 0 Å². The summed E-state index contributed by atoms with van der Waals surface area (Å²) in [5.41, 5.74) is 6.10. The zero-order chi connectivity index (χ0) is 32.7. The van der Waals surface area contributed by atoms with Crippen LogP contribution in [0.4, 0.5) is 0 Å². The van der Waals surface area contributed by atoms with Crippen LogP contribution in [0.2, 0.25) is 0 Å². The second-order valence-corrected chi connectivity index (χ2v) is 13.3. The van der Waals surface area contributed by atoms with E-state index >= 15 is 0 Å². The molecule has 1 aromatic heterocycles. The van der Waals surface area contributed by atoms with Gasteiger partial charge in [-0.05, 0) is 62.7 Å². The lowest BCUT2D eigenvalue weighted by atomic mass is 9.84. The Morgan fingerprint density at radius 3 is 2.07 bits per heavy atom. The molecule has 0 unspecified atom stereocenters. The lowest BCUT2D eigenvalue weighted by Gasteiger charge is -2.33. The molecule has 0 spiro atoms. The maximum absolute atomic E-state index is 13.7. The number of nitrogens with one attached hydrogen (secondary N) is 3. The van der Waals surface area contributed by atoms with E-state index in [-0.39, 0.29) is 24.1 Å². The summed E-state index contributed by atoms with van der Waals surface area (Å²) < 4.78 is 5.35. The lowest BCUT2D eigenvalue weighted by molar-refractivity contribution is -0.138. The quantitative estimate of drug-likeness (QED) is 0.227. The van der Waals surface area contributed by atoms with Gasteiger partial charge in [-0.25, -0.2) is 0 Å². The van der Waals surface area contributed by atoms with E-state index in [1.54, 1.807) is 6.07 Å². The van der Waals surface area contributed by atoms with Crippen molar-refractivity contribution in [3.63, 3.8) is 0 Å².